The molecule has 1 amide bonds. The monoisotopic (exact) mass is 342 g/mol. The predicted molar refractivity (Wildman–Crippen MR) is 101 cm³/mol. The van der Waals surface area contributed by atoms with Gasteiger partial charge in [-0.3, -0.25) is 4.79 Å². The summed E-state index contributed by atoms with van der Waals surface area (Å²) in [7, 11) is 3.63. The summed E-state index contributed by atoms with van der Waals surface area (Å²) < 4.78 is 10.8. The van der Waals surface area contributed by atoms with Crippen molar-refractivity contribution >= 4 is 11.6 Å². The molecule has 0 radical (unpaired) electrons. The quantitative estimate of drug-likeness (QED) is 0.712. The van der Waals surface area contributed by atoms with Gasteiger partial charge in [-0.15, -0.1) is 0 Å². The van der Waals surface area contributed by atoms with Crippen molar-refractivity contribution in [2.24, 2.45) is 0 Å². The first-order valence-corrected chi connectivity index (χ1v) is 8.40. The minimum absolute atomic E-state index is 0.0199. The van der Waals surface area contributed by atoms with Crippen LogP contribution >= 0.6 is 0 Å². The third-order valence-electron chi connectivity index (χ3n) is 3.87. The number of benzene rings is 2. The van der Waals surface area contributed by atoms with Crippen molar-refractivity contribution in [3.63, 3.8) is 0 Å². The maximum absolute atomic E-state index is 11.9. The molecule has 2 rings (SSSR count). The number of hydrogen-bond donors (Lipinski definition) is 1. The summed E-state index contributed by atoms with van der Waals surface area (Å²) in [5.41, 5.74) is 2.25. The molecular formula is C20H26N2O3. The van der Waals surface area contributed by atoms with Crippen LogP contribution in [-0.4, -0.2) is 39.8 Å². The number of hydrogen-bond acceptors (Lipinski definition) is 4. The van der Waals surface area contributed by atoms with Crippen LogP contribution in [0.5, 0.6) is 11.5 Å². The summed E-state index contributed by atoms with van der Waals surface area (Å²) in [5.74, 6) is 1.08. The molecule has 0 aliphatic rings. The Bertz CT molecular complexity index is 674. The molecule has 0 fully saturated rings. The zero-order valence-corrected chi connectivity index (χ0v) is 15.1. The fraction of sp³-hybridized carbons (Fsp3) is 0.350. The van der Waals surface area contributed by atoms with Gasteiger partial charge in [-0.05, 0) is 43.2 Å². The number of carbonyl (C=O) groups is 1. The van der Waals surface area contributed by atoms with Crippen LogP contribution in [0.2, 0.25) is 0 Å². The SMILES string of the molecule is COc1cc(C)ccc1OCC(=O)NCCCN(C)c1ccccc1. The Kier molecular flexibility index (Phi) is 7.14. The summed E-state index contributed by atoms with van der Waals surface area (Å²) in [6, 6.07) is 15.8. The topological polar surface area (TPSA) is 50.8 Å². The van der Waals surface area contributed by atoms with Crippen LogP contribution in [0, 0.1) is 6.92 Å². The Balaban J connectivity index is 1.67. The zero-order chi connectivity index (χ0) is 18.1. The molecule has 0 aliphatic heterocycles. The third kappa shape index (κ3) is 6.03. The Morgan fingerprint density at radius 3 is 2.60 bits per heavy atom. The Hall–Kier alpha value is -2.69. The fourth-order valence-electron chi connectivity index (χ4n) is 2.44. The van der Waals surface area contributed by atoms with Crippen LogP contribution in [0.15, 0.2) is 48.5 Å². The number of nitrogens with zero attached hydrogens (tertiary/aromatic N) is 1. The van der Waals surface area contributed by atoms with Crippen LogP contribution in [0.3, 0.4) is 0 Å². The number of rotatable bonds is 9. The minimum atomic E-state index is -0.134. The average Bonchev–Trinajstić information content (AvgIpc) is 2.64. The molecule has 5 heteroatoms. The van der Waals surface area contributed by atoms with E-state index in [1.54, 1.807) is 7.11 Å². The Morgan fingerprint density at radius 2 is 1.88 bits per heavy atom. The number of anilines is 1. The van der Waals surface area contributed by atoms with Crippen molar-refractivity contribution < 1.29 is 14.3 Å². The van der Waals surface area contributed by atoms with E-state index in [-0.39, 0.29) is 12.5 Å². The predicted octanol–water partition coefficient (Wildman–Crippen LogP) is 3.03. The molecule has 0 aliphatic carbocycles. The lowest BCUT2D eigenvalue weighted by atomic mass is 10.2. The van der Waals surface area contributed by atoms with E-state index in [4.69, 9.17) is 9.47 Å². The molecule has 2 aromatic rings. The highest BCUT2D eigenvalue weighted by molar-refractivity contribution is 5.77. The molecule has 0 aromatic heterocycles. The highest BCUT2D eigenvalue weighted by Crippen LogP contribution is 2.27. The number of carbonyl (C=O) groups excluding carboxylic acids is 1. The van der Waals surface area contributed by atoms with E-state index in [1.807, 2.05) is 50.4 Å². The second-order valence-electron chi connectivity index (χ2n) is 5.90. The van der Waals surface area contributed by atoms with E-state index < -0.39 is 0 Å². The molecule has 0 saturated heterocycles. The number of aryl methyl sites for hydroxylation is 1. The van der Waals surface area contributed by atoms with E-state index in [2.05, 4.69) is 22.3 Å². The standard InChI is InChI=1S/C20H26N2O3/c1-16-10-11-18(19(14-16)24-3)25-15-20(23)21-12-7-13-22(2)17-8-5-4-6-9-17/h4-6,8-11,14H,7,12-13,15H2,1-3H3,(H,21,23). The zero-order valence-electron chi connectivity index (χ0n) is 15.1. The van der Waals surface area contributed by atoms with Crippen molar-refractivity contribution in [2.45, 2.75) is 13.3 Å². The summed E-state index contributed by atoms with van der Waals surface area (Å²) in [6.45, 7) is 3.45. The van der Waals surface area contributed by atoms with Crippen molar-refractivity contribution in [1.29, 1.82) is 0 Å². The molecule has 0 saturated carbocycles. The molecule has 0 spiro atoms. The van der Waals surface area contributed by atoms with Gasteiger partial charge < -0.3 is 19.7 Å². The number of methoxy groups -OCH3 is 1. The van der Waals surface area contributed by atoms with Gasteiger partial charge in [-0.1, -0.05) is 24.3 Å². The van der Waals surface area contributed by atoms with Crippen LogP contribution in [0.4, 0.5) is 5.69 Å². The number of ether oxygens (including phenoxy) is 2. The van der Waals surface area contributed by atoms with Gasteiger partial charge in [0.2, 0.25) is 0 Å². The number of para-hydroxylation sites is 1. The first kappa shape index (κ1) is 18.6. The van der Waals surface area contributed by atoms with E-state index >= 15 is 0 Å². The second-order valence-corrected chi connectivity index (χ2v) is 5.90. The lowest BCUT2D eigenvalue weighted by Gasteiger charge is -2.19. The van der Waals surface area contributed by atoms with E-state index in [0.29, 0.717) is 18.0 Å². The van der Waals surface area contributed by atoms with Crippen molar-refractivity contribution in [1.82, 2.24) is 5.32 Å². The van der Waals surface area contributed by atoms with E-state index in [0.717, 1.165) is 18.5 Å². The number of amides is 1. The maximum Gasteiger partial charge on any atom is 0.257 e. The lowest BCUT2D eigenvalue weighted by molar-refractivity contribution is -0.123. The largest absolute Gasteiger partial charge is 0.493 e. The van der Waals surface area contributed by atoms with E-state index in [9.17, 15) is 4.79 Å². The molecule has 1 N–H and O–H groups in total. The summed E-state index contributed by atoms with van der Waals surface area (Å²) in [6.07, 6.45) is 0.866. The summed E-state index contributed by atoms with van der Waals surface area (Å²) in [4.78, 5) is 14.1. The minimum Gasteiger partial charge on any atom is -0.493 e. The second kappa shape index (κ2) is 9.57. The van der Waals surface area contributed by atoms with Crippen LogP contribution in [0.25, 0.3) is 0 Å². The van der Waals surface area contributed by atoms with Gasteiger partial charge in [0.15, 0.2) is 18.1 Å². The first-order valence-electron chi connectivity index (χ1n) is 8.40. The molecule has 0 atom stereocenters. The smallest absolute Gasteiger partial charge is 0.257 e. The van der Waals surface area contributed by atoms with Gasteiger partial charge in [-0.2, -0.15) is 0 Å². The summed E-state index contributed by atoms with van der Waals surface area (Å²) >= 11 is 0. The van der Waals surface area contributed by atoms with Crippen LogP contribution < -0.4 is 19.7 Å². The highest BCUT2D eigenvalue weighted by Gasteiger charge is 2.07. The molecular weight excluding hydrogens is 316 g/mol. The molecule has 0 unspecified atom stereocenters. The fourth-order valence-corrected chi connectivity index (χ4v) is 2.44. The summed E-state index contributed by atoms with van der Waals surface area (Å²) in [5, 5.41) is 2.88. The average molecular weight is 342 g/mol. The molecule has 2 aromatic carbocycles. The van der Waals surface area contributed by atoms with Gasteiger partial charge in [-0.25, -0.2) is 0 Å². The normalized spacial score (nSPS) is 10.2. The van der Waals surface area contributed by atoms with Gasteiger partial charge in [0, 0.05) is 25.8 Å². The van der Waals surface area contributed by atoms with Crippen molar-refractivity contribution in [3.8, 4) is 11.5 Å². The van der Waals surface area contributed by atoms with Gasteiger partial charge in [0.1, 0.15) is 0 Å². The van der Waals surface area contributed by atoms with Gasteiger partial charge in [0.05, 0.1) is 7.11 Å². The van der Waals surface area contributed by atoms with Gasteiger partial charge in [0.25, 0.3) is 5.91 Å². The molecule has 0 heterocycles. The van der Waals surface area contributed by atoms with Crippen LogP contribution in [-0.2, 0) is 4.79 Å². The molecule has 5 nitrogen and oxygen atoms in total. The van der Waals surface area contributed by atoms with Crippen LogP contribution in [0.1, 0.15) is 12.0 Å². The van der Waals surface area contributed by atoms with Gasteiger partial charge >= 0.3 is 0 Å². The molecule has 134 valence electrons. The highest BCUT2D eigenvalue weighted by atomic mass is 16.5. The molecule has 25 heavy (non-hydrogen) atoms. The third-order valence-corrected chi connectivity index (χ3v) is 3.87. The van der Waals surface area contributed by atoms with Crippen molar-refractivity contribution in [2.75, 3.05) is 38.8 Å². The Labute approximate surface area is 149 Å². The first-order chi connectivity index (χ1) is 12.1. The number of nitrogens with one attached hydrogen (secondary N) is 1. The molecule has 0 bridgehead atoms. The lowest BCUT2D eigenvalue weighted by Crippen LogP contribution is -2.31. The Morgan fingerprint density at radius 1 is 1.12 bits per heavy atom. The maximum atomic E-state index is 11.9. The van der Waals surface area contributed by atoms with E-state index in [1.165, 1.54) is 5.69 Å². The van der Waals surface area contributed by atoms with Crippen molar-refractivity contribution in [3.05, 3.63) is 54.1 Å².